The molecule has 2 aromatic carbocycles. The molecular formula is C22H19FINO5S. The second kappa shape index (κ2) is 10.3. The Morgan fingerprint density at radius 1 is 1.26 bits per heavy atom. The molecule has 6 nitrogen and oxygen atoms in total. The van der Waals surface area contributed by atoms with Crippen molar-refractivity contribution in [3.05, 3.63) is 67.9 Å². The summed E-state index contributed by atoms with van der Waals surface area (Å²) in [6.45, 7) is 3.37. The molecule has 1 aliphatic heterocycles. The molecule has 0 bridgehead atoms. The summed E-state index contributed by atoms with van der Waals surface area (Å²) in [5, 5.41) is -0.517. The molecule has 1 atom stereocenters. The minimum Gasteiger partial charge on any atom is -0.488 e. The highest BCUT2D eigenvalue weighted by Gasteiger charge is 2.41. The largest absolute Gasteiger partial charge is 0.488 e. The number of ether oxygens (including phenoxy) is 2. The third-order valence-corrected chi connectivity index (χ3v) is 6.16. The first kappa shape index (κ1) is 23.3. The lowest BCUT2D eigenvalue weighted by Crippen LogP contribution is -2.42. The van der Waals surface area contributed by atoms with Crippen LogP contribution in [0.4, 0.5) is 9.18 Å². The summed E-state index contributed by atoms with van der Waals surface area (Å²) in [7, 11) is 0. The quantitative estimate of drug-likeness (QED) is 0.272. The van der Waals surface area contributed by atoms with Crippen LogP contribution in [0.15, 0.2) is 47.4 Å². The van der Waals surface area contributed by atoms with Crippen molar-refractivity contribution in [2.45, 2.75) is 26.5 Å². The van der Waals surface area contributed by atoms with Crippen LogP contribution in [0.3, 0.4) is 0 Å². The van der Waals surface area contributed by atoms with Crippen LogP contribution in [0.5, 0.6) is 5.75 Å². The maximum absolute atomic E-state index is 13.7. The summed E-state index contributed by atoms with van der Waals surface area (Å²) in [4.78, 5) is 38.0. The van der Waals surface area contributed by atoms with Crippen molar-refractivity contribution < 1.29 is 28.2 Å². The van der Waals surface area contributed by atoms with Gasteiger partial charge in [0.15, 0.2) is 0 Å². The maximum atomic E-state index is 13.7. The summed E-state index contributed by atoms with van der Waals surface area (Å²) in [5.41, 5.74) is 1.14. The van der Waals surface area contributed by atoms with Gasteiger partial charge in [-0.05, 0) is 78.0 Å². The fourth-order valence-electron chi connectivity index (χ4n) is 2.83. The molecule has 162 valence electrons. The fraction of sp³-hybridized carbons (Fsp3) is 0.227. The first-order chi connectivity index (χ1) is 14.8. The summed E-state index contributed by atoms with van der Waals surface area (Å²) < 4.78 is 25.1. The van der Waals surface area contributed by atoms with Crippen molar-refractivity contribution >= 4 is 57.5 Å². The molecule has 3 rings (SSSR count). The topological polar surface area (TPSA) is 72.9 Å². The van der Waals surface area contributed by atoms with Crippen molar-refractivity contribution in [2.75, 3.05) is 6.61 Å². The van der Waals surface area contributed by atoms with E-state index in [0.29, 0.717) is 16.9 Å². The number of esters is 1. The lowest BCUT2D eigenvalue weighted by molar-refractivity contribution is -0.150. The van der Waals surface area contributed by atoms with Crippen LogP contribution in [0.1, 0.15) is 25.0 Å². The van der Waals surface area contributed by atoms with Gasteiger partial charge in [0.25, 0.3) is 11.1 Å². The highest BCUT2D eigenvalue weighted by atomic mass is 127. The maximum Gasteiger partial charge on any atom is 0.329 e. The summed E-state index contributed by atoms with van der Waals surface area (Å²) >= 11 is 2.86. The lowest BCUT2D eigenvalue weighted by Gasteiger charge is -2.19. The zero-order valence-corrected chi connectivity index (χ0v) is 19.7. The Balaban J connectivity index is 1.73. The third kappa shape index (κ3) is 5.45. The van der Waals surface area contributed by atoms with E-state index in [-0.39, 0.29) is 23.9 Å². The van der Waals surface area contributed by atoms with Crippen LogP contribution in [0.25, 0.3) is 6.08 Å². The number of hydrogen-bond donors (Lipinski definition) is 0. The molecule has 2 aromatic rings. The van der Waals surface area contributed by atoms with Crippen LogP contribution < -0.4 is 4.74 Å². The number of rotatable bonds is 7. The molecule has 1 fully saturated rings. The van der Waals surface area contributed by atoms with Crippen molar-refractivity contribution in [1.82, 2.24) is 4.90 Å². The molecule has 1 saturated heterocycles. The van der Waals surface area contributed by atoms with Crippen LogP contribution in [-0.2, 0) is 20.9 Å². The molecule has 1 heterocycles. The highest BCUT2D eigenvalue weighted by molar-refractivity contribution is 14.1. The van der Waals surface area contributed by atoms with Crippen molar-refractivity contribution in [3.63, 3.8) is 0 Å². The number of nitrogens with zero attached hydrogens (tertiary/aromatic N) is 1. The number of hydrogen-bond acceptors (Lipinski definition) is 6. The highest BCUT2D eigenvalue weighted by Crippen LogP contribution is 2.34. The van der Waals surface area contributed by atoms with Crippen LogP contribution >= 0.6 is 34.4 Å². The SMILES string of the molecule is CCOC(=O)[C@H](C)N1C(=O)S/C(=C/c2ccc(OCc3ccccc3F)c(I)c2)C1=O. The van der Waals surface area contributed by atoms with Gasteiger partial charge in [0.2, 0.25) is 0 Å². The number of carbonyl (C=O) groups excluding carboxylic acids is 3. The first-order valence-corrected chi connectivity index (χ1v) is 11.3. The summed E-state index contributed by atoms with van der Waals surface area (Å²) in [6, 6.07) is 10.7. The van der Waals surface area contributed by atoms with Gasteiger partial charge < -0.3 is 9.47 Å². The molecule has 0 spiro atoms. The Hall–Kier alpha value is -2.40. The summed E-state index contributed by atoms with van der Waals surface area (Å²) in [6.07, 6.45) is 1.59. The minimum atomic E-state index is -0.993. The van der Waals surface area contributed by atoms with Gasteiger partial charge in [-0.2, -0.15) is 0 Å². The van der Waals surface area contributed by atoms with E-state index in [1.165, 1.54) is 13.0 Å². The minimum absolute atomic E-state index is 0.0899. The molecule has 0 saturated carbocycles. The molecular weight excluding hydrogens is 536 g/mol. The number of amides is 2. The van der Waals surface area contributed by atoms with E-state index in [2.05, 4.69) is 22.6 Å². The molecule has 9 heteroatoms. The van der Waals surface area contributed by atoms with Crippen LogP contribution in [-0.4, -0.2) is 34.7 Å². The Labute approximate surface area is 196 Å². The second-order valence-electron chi connectivity index (χ2n) is 6.55. The predicted molar refractivity (Wildman–Crippen MR) is 124 cm³/mol. The molecule has 0 radical (unpaired) electrons. The monoisotopic (exact) mass is 555 g/mol. The Morgan fingerprint density at radius 2 is 2.00 bits per heavy atom. The Kier molecular flexibility index (Phi) is 7.71. The molecule has 0 N–H and O–H groups in total. The van der Waals surface area contributed by atoms with E-state index in [4.69, 9.17) is 9.47 Å². The van der Waals surface area contributed by atoms with Gasteiger partial charge in [-0.25, -0.2) is 9.18 Å². The lowest BCUT2D eigenvalue weighted by atomic mass is 10.2. The van der Waals surface area contributed by atoms with Crippen LogP contribution in [0.2, 0.25) is 0 Å². The van der Waals surface area contributed by atoms with Crippen molar-refractivity contribution in [3.8, 4) is 5.75 Å². The first-order valence-electron chi connectivity index (χ1n) is 9.41. The van der Waals surface area contributed by atoms with Gasteiger partial charge in [-0.3, -0.25) is 14.5 Å². The number of imide groups is 1. The summed E-state index contributed by atoms with van der Waals surface area (Å²) in [5.74, 6) is -0.922. The van der Waals surface area contributed by atoms with Gasteiger partial charge in [0.1, 0.15) is 24.2 Å². The molecule has 31 heavy (non-hydrogen) atoms. The van der Waals surface area contributed by atoms with E-state index in [0.717, 1.165) is 20.2 Å². The van der Waals surface area contributed by atoms with Crippen LogP contribution in [0, 0.1) is 9.39 Å². The molecule has 0 aromatic heterocycles. The zero-order valence-electron chi connectivity index (χ0n) is 16.8. The molecule has 0 unspecified atom stereocenters. The average molecular weight is 555 g/mol. The fourth-order valence-corrected chi connectivity index (χ4v) is 4.43. The van der Waals surface area contributed by atoms with Gasteiger partial charge in [0, 0.05) is 5.56 Å². The van der Waals surface area contributed by atoms with Gasteiger partial charge in [-0.1, -0.05) is 24.3 Å². The van der Waals surface area contributed by atoms with E-state index >= 15 is 0 Å². The second-order valence-corrected chi connectivity index (χ2v) is 8.71. The third-order valence-electron chi connectivity index (χ3n) is 4.43. The molecule has 0 aliphatic carbocycles. The standard InChI is InChI=1S/C22H19FINO5S/c1-3-29-21(27)13(2)25-20(26)19(31-22(25)28)11-14-8-9-18(17(24)10-14)30-12-15-6-4-5-7-16(15)23/h4-11,13H,3,12H2,1-2H3/b19-11+/t13-/m0/s1. The Bertz CT molecular complexity index is 1060. The molecule has 2 amide bonds. The van der Waals surface area contributed by atoms with E-state index < -0.39 is 23.2 Å². The van der Waals surface area contributed by atoms with Gasteiger partial charge in [-0.15, -0.1) is 0 Å². The van der Waals surface area contributed by atoms with E-state index in [9.17, 15) is 18.8 Å². The van der Waals surface area contributed by atoms with E-state index in [1.807, 2.05) is 0 Å². The number of halogens is 2. The number of carbonyl (C=O) groups is 3. The zero-order chi connectivity index (χ0) is 22.5. The number of benzene rings is 2. The van der Waals surface area contributed by atoms with Gasteiger partial charge >= 0.3 is 5.97 Å². The van der Waals surface area contributed by atoms with Gasteiger partial charge in [0.05, 0.1) is 15.1 Å². The predicted octanol–water partition coefficient (Wildman–Crippen LogP) is 5.00. The molecule has 1 aliphatic rings. The normalized spacial score (nSPS) is 16.0. The number of thioether (sulfide) groups is 1. The van der Waals surface area contributed by atoms with Crippen molar-refractivity contribution in [2.24, 2.45) is 0 Å². The van der Waals surface area contributed by atoms with Crippen molar-refractivity contribution in [1.29, 1.82) is 0 Å². The van der Waals surface area contributed by atoms with E-state index in [1.54, 1.807) is 49.4 Å². The average Bonchev–Trinajstić information content (AvgIpc) is 3.01. The smallest absolute Gasteiger partial charge is 0.329 e. The Morgan fingerprint density at radius 3 is 2.68 bits per heavy atom.